The summed E-state index contributed by atoms with van der Waals surface area (Å²) in [5.41, 5.74) is 0. The molecule has 0 unspecified atom stereocenters. The fourth-order valence-corrected chi connectivity index (χ4v) is 1.18. The van der Waals surface area contributed by atoms with E-state index < -0.39 is 0 Å². The van der Waals surface area contributed by atoms with Crippen molar-refractivity contribution in [2.75, 3.05) is 13.7 Å². The maximum absolute atomic E-state index is 10.8. The second kappa shape index (κ2) is 8.05. The molecule has 94 valence electrons. The highest BCUT2D eigenvalue weighted by Gasteiger charge is 2.01. The number of carbonyl (C=O) groups is 1. The average molecular weight is 279 g/mol. The van der Waals surface area contributed by atoms with Crippen LogP contribution in [0, 0.1) is 0 Å². The monoisotopic (exact) mass is 278 g/mol. The molecule has 1 aromatic rings. The fraction of sp³-hybridized carbons (Fsp3) is 0.300. The minimum Gasteiger partial charge on any atom is -0.493 e. The van der Waals surface area contributed by atoms with Gasteiger partial charge in [0.15, 0.2) is 17.0 Å². The lowest BCUT2D eigenvalue weighted by Crippen LogP contribution is -2.07. The first-order valence-electron chi connectivity index (χ1n) is 4.68. The Labute approximate surface area is 108 Å². The van der Waals surface area contributed by atoms with E-state index in [1.807, 2.05) is 0 Å². The molecule has 0 fully saturated rings. The van der Waals surface area contributed by atoms with Crippen molar-refractivity contribution < 1.29 is 23.5 Å². The molecule has 17 heavy (non-hydrogen) atoms. The number of ether oxygens (including phenoxy) is 2. The van der Waals surface area contributed by atoms with Gasteiger partial charge in [0.1, 0.15) is 5.75 Å². The molecule has 1 aromatic carbocycles. The Hall–Kier alpha value is -1.11. The third-order valence-corrected chi connectivity index (χ3v) is 2.06. The largest absolute Gasteiger partial charge is 0.493 e. The molecule has 0 amide bonds. The van der Waals surface area contributed by atoms with Gasteiger partial charge in [0.05, 0.1) is 20.1 Å². The van der Waals surface area contributed by atoms with Crippen molar-refractivity contribution in [1.29, 1.82) is 0 Å². The van der Waals surface area contributed by atoms with Crippen LogP contribution in [-0.4, -0.2) is 19.7 Å². The van der Waals surface area contributed by atoms with Crippen LogP contribution in [0.2, 0.25) is 0 Å². The van der Waals surface area contributed by atoms with Crippen molar-refractivity contribution in [2.24, 2.45) is 0 Å². The quantitative estimate of drug-likeness (QED) is 0.331. The van der Waals surface area contributed by atoms with Gasteiger partial charge in [-0.15, -0.1) is 0 Å². The van der Waals surface area contributed by atoms with E-state index in [2.05, 4.69) is 9.07 Å². The van der Waals surface area contributed by atoms with Crippen LogP contribution >= 0.6 is 21.9 Å². The number of hydrogen-bond acceptors (Lipinski definition) is 6. The lowest BCUT2D eigenvalue weighted by atomic mass is 10.3. The minimum atomic E-state index is -0.308. The van der Waals surface area contributed by atoms with E-state index in [0.717, 1.165) is 0 Å². The number of halogens is 1. The molecular weight excluding hydrogens is 268 g/mol. The Morgan fingerprint density at radius 2 is 1.94 bits per heavy atom. The van der Waals surface area contributed by atoms with E-state index in [9.17, 15) is 4.79 Å². The van der Waals surface area contributed by atoms with Crippen molar-refractivity contribution in [3.63, 3.8) is 0 Å². The molecule has 0 aliphatic rings. The zero-order chi connectivity index (χ0) is 12.5. The van der Waals surface area contributed by atoms with Gasteiger partial charge < -0.3 is 14.4 Å². The molecule has 0 saturated carbocycles. The van der Waals surface area contributed by atoms with Crippen molar-refractivity contribution >= 4 is 27.9 Å². The normalized spacial score (nSPS) is 9.76. The summed E-state index contributed by atoms with van der Waals surface area (Å²) < 4.78 is 14.3. The Balaban J connectivity index is 2.32. The zero-order valence-corrected chi connectivity index (χ0v) is 10.6. The van der Waals surface area contributed by atoms with E-state index in [1.165, 1.54) is 7.11 Å². The lowest BCUT2D eigenvalue weighted by molar-refractivity contribution is -0.141. The van der Waals surface area contributed by atoms with Gasteiger partial charge in [-0.3, -0.25) is 4.79 Å². The van der Waals surface area contributed by atoms with Crippen molar-refractivity contribution in [1.82, 2.24) is 0 Å². The summed E-state index contributed by atoms with van der Waals surface area (Å²) in [6.45, 7) is 0.265. The Bertz CT molecular complexity index is 343. The molecule has 0 N–H and O–H groups in total. The molecule has 7 heteroatoms. The molecule has 0 aromatic heterocycles. The number of benzene rings is 1. The van der Waals surface area contributed by atoms with Crippen molar-refractivity contribution in [3.8, 4) is 11.5 Å². The minimum absolute atomic E-state index is 0.209. The van der Waals surface area contributed by atoms with E-state index in [1.54, 1.807) is 24.3 Å². The van der Waals surface area contributed by atoms with Crippen molar-refractivity contribution in [2.45, 2.75) is 6.42 Å². The van der Waals surface area contributed by atoms with Crippen molar-refractivity contribution in [3.05, 3.63) is 24.3 Å². The summed E-state index contributed by atoms with van der Waals surface area (Å²) in [4.78, 5) is 15.6. The molecule has 0 radical (unpaired) electrons. The van der Waals surface area contributed by atoms with Crippen LogP contribution < -0.4 is 9.62 Å². The number of hydrogen-bond donors (Lipinski definition) is 0. The van der Waals surface area contributed by atoms with Gasteiger partial charge in [0.25, 0.3) is 0 Å². The lowest BCUT2D eigenvalue weighted by Gasteiger charge is -2.06. The van der Waals surface area contributed by atoms with Gasteiger partial charge in [-0.1, -0.05) is 4.33 Å². The second-order valence-electron chi connectivity index (χ2n) is 2.86. The summed E-state index contributed by atoms with van der Waals surface area (Å²) in [7, 11) is 6.53. The van der Waals surface area contributed by atoms with Crippen LogP contribution in [0.4, 0.5) is 0 Å². The molecule has 0 saturated heterocycles. The van der Waals surface area contributed by atoms with Crippen LogP contribution in [0.5, 0.6) is 11.5 Å². The maximum Gasteiger partial charge on any atom is 0.308 e. The summed E-state index contributed by atoms with van der Waals surface area (Å²) in [6.07, 6.45) is 0.209. The number of methoxy groups -OCH3 is 1. The van der Waals surface area contributed by atoms with Gasteiger partial charge >= 0.3 is 5.97 Å². The van der Waals surface area contributed by atoms with Crippen LogP contribution in [0.15, 0.2) is 24.3 Å². The van der Waals surface area contributed by atoms with E-state index in [4.69, 9.17) is 20.3 Å². The summed E-state index contributed by atoms with van der Waals surface area (Å²) in [6, 6.07) is 6.69. The molecule has 5 nitrogen and oxygen atoms in total. The van der Waals surface area contributed by atoms with Gasteiger partial charge in [-0.05, 0) is 34.9 Å². The Morgan fingerprint density at radius 3 is 2.53 bits per heavy atom. The smallest absolute Gasteiger partial charge is 0.308 e. The summed E-state index contributed by atoms with van der Waals surface area (Å²) >= 11 is 0.588. The molecule has 0 aliphatic heterocycles. The molecule has 0 bridgehead atoms. The summed E-state index contributed by atoms with van der Waals surface area (Å²) in [5, 5.41) is 0. The summed E-state index contributed by atoms with van der Waals surface area (Å²) in [5.74, 6) is 0.815. The molecule has 0 heterocycles. The fourth-order valence-electron chi connectivity index (χ4n) is 0.998. The predicted octanol–water partition coefficient (Wildman–Crippen LogP) is 2.74. The molecular formula is C10H11ClO5S. The average Bonchev–Trinajstić information content (AvgIpc) is 2.37. The number of rotatable bonds is 7. The van der Waals surface area contributed by atoms with Gasteiger partial charge in [0.2, 0.25) is 0 Å². The Morgan fingerprint density at radius 1 is 1.29 bits per heavy atom. The second-order valence-corrected chi connectivity index (χ2v) is 3.50. The molecule has 0 spiro atoms. The maximum atomic E-state index is 10.8. The first-order chi connectivity index (χ1) is 8.26. The highest BCUT2D eigenvalue weighted by Crippen LogP contribution is 2.20. The molecule has 1 rings (SSSR count). The third-order valence-electron chi connectivity index (χ3n) is 1.78. The highest BCUT2D eigenvalue weighted by molar-refractivity contribution is 8.17. The first kappa shape index (κ1) is 14.0. The van der Waals surface area contributed by atoms with E-state index in [-0.39, 0.29) is 19.0 Å². The standard InChI is InChI=1S/C10H11ClO5S/c1-13-10(12)6-7-14-8-2-4-9(5-3-8)15-16-17-11/h2-5H,6-7H2,1H3. The number of carbonyl (C=O) groups excluding carboxylic acids is 1. The molecule has 0 atom stereocenters. The third kappa shape index (κ3) is 5.67. The van der Waals surface area contributed by atoms with E-state index in [0.29, 0.717) is 22.8 Å². The zero-order valence-electron chi connectivity index (χ0n) is 9.05. The van der Waals surface area contributed by atoms with Crippen LogP contribution in [0.3, 0.4) is 0 Å². The van der Waals surface area contributed by atoms with Gasteiger partial charge in [-0.25, -0.2) is 0 Å². The van der Waals surface area contributed by atoms with Gasteiger partial charge in [0, 0.05) is 0 Å². The van der Waals surface area contributed by atoms with Crippen LogP contribution in [-0.2, 0) is 13.9 Å². The predicted molar refractivity (Wildman–Crippen MR) is 63.7 cm³/mol. The molecule has 0 aliphatic carbocycles. The number of esters is 1. The Kier molecular flexibility index (Phi) is 6.61. The van der Waals surface area contributed by atoms with E-state index >= 15 is 0 Å². The van der Waals surface area contributed by atoms with Gasteiger partial charge in [-0.2, -0.15) is 0 Å². The highest BCUT2D eigenvalue weighted by atomic mass is 35.7. The van der Waals surface area contributed by atoms with Crippen LogP contribution in [0.25, 0.3) is 0 Å². The first-order valence-corrected chi connectivity index (χ1v) is 6.24. The topological polar surface area (TPSA) is 54.0 Å². The SMILES string of the molecule is COC(=O)CCOc1ccc(OOSCl)cc1. The van der Waals surface area contributed by atoms with Crippen LogP contribution in [0.1, 0.15) is 6.42 Å².